The maximum Gasteiger partial charge on any atom is 0.238 e. The van der Waals surface area contributed by atoms with Crippen LogP contribution in [-0.2, 0) is 11.2 Å². The lowest BCUT2D eigenvalue weighted by atomic mass is 10.1. The lowest BCUT2D eigenvalue weighted by Gasteiger charge is -2.13. The van der Waals surface area contributed by atoms with E-state index in [0.717, 1.165) is 24.9 Å². The number of benzene rings is 1. The third kappa shape index (κ3) is 4.88. The molecule has 1 aromatic rings. The number of aryl methyl sites for hydroxylation is 1. The molecule has 0 bridgehead atoms. The predicted molar refractivity (Wildman–Crippen MR) is 76.8 cm³/mol. The van der Waals surface area contributed by atoms with E-state index in [1.165, 1.54) is 5.56 Å². The summed E-state index contributed by atoms with van der Waals surface area (Å²) in [6.45, 7) is 6.70. The van der Waals surface area contributed by atoms with Crippen LogP contribution in [0.4, 0.5) is 5.69 Å². The first-order valence-electron chi connectivity index (χ1n) is 6.78. The van der Waals surface area contributed by atoms with Gasteiger partial charge in [-0.1, -0.05) is 38.5 Å². The number of carbonyl (C=O) groups excluding carboxylic acids is 1. The topological polar surface area (TPSA) is 41.1 Å². The van der Waals surface area contributed by atoms with Gasteiger partial charge in [0.05, 0.1) is 6.54 Å². The highest BCUT2D eigenvalue weighted by atomic mass is 16.1. The van der Waals surface area contributed by atoms with Gasteiger partial charge < -0.3 is 10.6 Å². The molecule has 0 aliphatic rings. The Bertz CT molecular complexity index is 377. The zero-order valence-electron chi connectivity index (χ0n) is 11.6. The molecule has 100 valence electrons. The van der Waals surface area contributed by atoms with Crippen molar-refractivity contribution in [2.75, 3.05) is 11.9 Å². The van der Waals surface area contributed by atoms with Gasteiger partial charge >= 0.3 is 0 Å². The number of rotatable bonds is 7. The predicted octanol–water partition coefficient (Wildman–Crippen LogP) is 2.97. The fourth-order valence-electron chi connectivity index (χ4n) is 1.74. The third-order valence-corrected chi connectivity index (χ3v) is 3.03. The number of anilines is 1. The first-order valence-corrected chi connectivity index (χ1v) is 6.78. The Kier molecular flexibility index (Phi) is 6.44. The summed E-state index contributed by atoms with van der Waals surface area (Å²) >= 11 is 0. The largest absolute Gasteiger partial charge is 0.325 e. The van der Waals surface area contributed by atoms with Gasteiger partial charge in [-0.15, -0.1) is 0 Å². The molecule has 0 radical (unpaired) electrons. The Morgan fingerprint density at radius 2 is 2.00 bits per heavy atom. The number of nitrogens with one attached hydrogen (secondary N) is 2. The van der Waals surface area contributed by atoms with Crippen molar-refractivity contribution in [2.45, 2.75) is 46.1 Å². The molecule has 18 heavy (non-hydrogen) atoms. The van der Waals surface area contributed by atoms with Gasteiger partial charge in [0.1, 0.15) is 0 Å². The van der Waals surface area contributed by atoms with E-state index in [9.17, 15) is 4.79 Å². The van der Waals surface area contributed by atoms with E-state index in [1.807, 2.05) is 18.2 Å². The van der Waals surface area contributed by atoms with Gasteiger partial charge in [-0.3, -0.25) is 4.79 Å². The summed E-state index contributed by atoms with van der Waals surface area (Å²) in [5, 5.41) is 6.17. The molecule has 0 spiro atoms. The molecule has 1 amide bonds. The van der Waals surface area contributed by atoms with E-state index >= 15 is 0 Å². The minimum atomic E-state index is 0.0267. The second kappa shape index (κ2) is 7.88. The number of hydrogen-bond donors (Lipinski definition) is 2. The van der Waals surface area contributed by atoms with Crippen molar-refractivity contribution in [1.29, 1.82) is 0 Å². The Morgan fingerprint density at radius 3 is 2.67 bits per heavy atom. The highest BCUT2D eigenvalue weighted by Gasteiger charge is 2.07. The van der Waals surface area contributed by atoms with Crippen LogP contribution in [-0.4, -0.2) is 18.5 Å². The van der Waals surface area contributed by atoms with E-state index in [-0.39, 0.29) is 5.91 Å². The van der Waals surface area contributed by atoms with Crippen LogP contribution >= 0.6 is 0 Å². The smallest absolute Gasteiger partial charge is 0.238 e. The third-order valence-electron chi connectivity index (χ3n) is 3.03. The van der Waals surface area contributed by atoms with Gasteiger partial charge in [-0.05, 0) is 31.4 Å². The van der Waals surface area contributed by atoms with Crippen molar-refractivity contribution in [1.82, 2.24) is 5.32 Å². The summed E-state index contributed by atoms with van der Waals surface area (Å²) in [6, 6.07) is 8.38. The van der Waals surface area contributed by atoms with Gasteiger partial charge in [0.2, 0.25) is 5.91 Å². The van der Waals surface area contributed by atoms with E-state index in [4.69, 9.17) is 0 Å². The molecule has 2 N–H and O–H groups in total. The van der Waals surface area contributed by atoms with E-state index < -0.39 is 0 Å². The fourth-order valence-corrected chi connectivity index (χ4v) is 1.74. The van der Waals surface area contributed by atoms with Gasteiger partial charge in [0.25, 0.3) is 0 Å². The number of hydrogen-bond acceptors (Lipinski definition) is 2. The molecule has 0 saturated carbocycles. The SMILES string of the molecule is CCCc1ccccc1NC(=O)CNC(C)CC. The van der Waals surface area contributed by atoms with Crippen molar-refractivity contribution in [3.8, 4) is 0 Å². The number of amides is 1. The van der Waals surface area contributed by atoms with E-state index in [1.54, 1.807) is 0 Å². The van der Waals surface area contributed by atoms with Crippen LogP contribution in [0.1, 0.15) is 39.2 Å². The number of carbonyl (C=O) groups is 1. The summed E-state index contributed by atoms with van der Waals surface area (Å²) in [4.78, 5) is 11.8. The van der Waals surface area contributed by atoms with Crippen LogP contribution in [0.5, 0.6) is 0 Å². The van der Waals surface area contributed by atoms with E-state index in [2.05, 4.69) is 37.5 Å². The molecule has 3 heteroatoms. The van der Waals surface area contributed by atoms with Gasteiger partial charge in [0.15, 0.2) is 0 Å². The maximum absolute atomic E-state index is 11.8. The quantitative estimate of drug-likeness (QED) is 0.779. The summed E-state index contributed by atoms with van der Waals surface area (Å²) < 4.78 is 0. The van der Waals surface area contributed by atoms with E-state index in [0.29, 0.717) is 12.6 Å². The highest BCUT2D eigenvalue weighted by Crippen LogP contribution is 2.16. The van der Waals surface area contributed by atoms with Crippen molar-refractivity contribution >= 4 is 11.6 Å². The van der Waals surface area contributed by atoms with Crippen LogP contribution in [0.15, 0.2) is 24.3 Å². The first-order chi connectivity index (χ1) is 8.67. The fraction of sp³-hybridized carbons (Fsp3) is 0.533. The van der Waals surface area contributed by atoms with Crippen molar-refractivity contribution in [3.63, 3.8) is 0 Å². The number of para-hydroxylation sites is 1. The Morgan fingerprint density at radius 1 is 1.28 bits per heavy atom. The average Bonchev–Trinajstić information content (AvgIpc) is 2.38. The lowest BCUT2D eigenvalue weighted by Crippen LogP contribution is -2.34. The van der Waals surface area contributed by atoms with Crippen LogP contribution in [0.25, 0.3) is 0 Å². The molecule has 0 saturated heterocycles. The van der Waals surface area contributed by atoms with Gasteiger partial charge in [0, 0.05) is 11.7 Å². The monoisotopic (exact) mass is 248 g/mol. The molecule has 0 aliphatic heterocycles. The Labute approximate surface area is 110 Å². The lowest BCUT2D eigenvalue weighted by molar-refractivity contribution is -0.115. The molecule has 1 rings (SSSR count). The molecule has 0 fully saturated rings. The molecule has 1 aromatic carbocycles. The minimum absolute atomic E-state index is 0.0267. The molecule has 1 unspecified atom stereocenters. The summed E-state index contributed by atoms with van der Waals surface area (Å²) in [5.74, 6) is 0.0267. The van der Waals surface area contributed by atoms with Crippen molar-refractivity contribution in [2.24, 2.45) is 0 Å². The molecular formula is C15H24N2O. The summed E-state index contributed by atoms with van der Waals surface area (Å²) in [7, 11) is 0. The Hall–Kier alpha value is -1.35. The zero-order chi connectivity index (χ0) is 13.4. The highest BCUT2D eigenvalue weighted by molar-refractivity contribution is 5.93. The molecule has 0 heterocycles. The normalized spacial score (nSPS) is 12.2. The van der Waals surface area contributed by atoms with Crippen molar-refractivity contribution < 1.29 is 4.79 Å². The van der Waals surface area contributed by atoms with Crippen LogP contribution in [0.3, 0.4) is 0 Å². The van der Waals surface area contributed by atoms with Crippen LogP contribution < -0.4 is 10.6 Å². The standard InChI is InChI=1S/C15H24N2O/c1-4-8-13-9-6-7-10-14(13)17-15(18)11-16-12(3)5-2/h6-7,9-10,12,16H,4-5,8,11H2,1-3H3,(H,17,18). The zero-order valence-corrected chi connectivity index (χ0v) is 11.6. The molecule has 0 aromatic heterocycles. The first kappa shape index (κ1) is 14.7. The Balaban J connectivity index is 2.53. The minimum Gasteiger partial charge on any atom is -0.325 e. The molecule has 3 nitrogen and oxygen atoms in total. The van der Waals surface area contributed by atoms with Crippen LogP contribution in [0.2, 0.25) is 0 Å². The average molecular weight is 248 g/mol. The van der Waals surface area contributed by atoms with Crippen LogP contribution in [0, 0.1) is 0 Å². The maximum atomic E-state index is 11.8. The van der Waals surface area contributed by atoms with Gasteiger partial charge in [-0.2, -0.15) is 0 Å². The molecule has 0 aliphatic carbocycles. The van der Waals surface area contributed by atoms with Gasteiger partial charge in [-0.25, -0.2) is 0 Å². The van der Waals surface area contributed by atoms with Crippen molar-refractivity contribution in [3.05, 3.63) is 29.8 Å². The summed E-state index contributed by atoms with van der Waals surface area (Å²) in [5.41, 5.74) is 2.15. The molecular weight excluding hydrogens is 224 g/mol. The molecule has 1 atom stereocenters. The summed E-state index contributed by atoms with van der Waals surface area (Å²) in [6.07, 6.45) is 3.10. The second-order valence-corrected chi connectivity index (χ2v) is 4.65. The second-order valence-electron chi connectivity index (χ2n) is 4.65.